The minimum absolute atomic E-state index is 0.0575. The van der Waals surface area contributed by atoms with E-state index in [1.165, 1.54) is 28.8 Å². The van der Waals surface area contributed by atoms with E-state index in [-0.39, 0.29) is 40.5 Å². The topological polar surface area (TPSA) is 115 Å². The molecule has 0 saturated heterocycles. The summed E-state index contributed by atoms with van der Waals surface area (Å²) in [6.45, 7) is -2.91. The number of aromatic nitrogens is 3. The highest BCUT2D eigenvalue weighted by Crippen LogP contribution is 2.31. The van der Waals surface area contributed by atoms with Crippen LogP contribution in [0, 0.1) is 5.82 Å². The van der Waals surface area contributed by atoms with Gasteiger partial charge in [-0.1, -0.05) is 24.3 Å². The zero-order valence-corrected chi connectivity index (χ0v) is 22.2. The predicted molar refractivity (Wildman–Crippen MR) is 145 cm³/mol. The van der Waals surface area contributed by atoms with Gasteiger partial charge in [-0.2, -0.15) is 13.8 Å². The number of halogens is 3. The number of alkyl halides is 2. The molecule has 1 amide bonds. The van der Waals surface area contributed by atoms with Crippen LogP contribution in [0.1, 0.15) is 15.9 Å². The Morgan fingerprint density at radius 1 is 0.976 bits per heavy atom. The molecular formula is C28H22F3N5O4S. The number of anilines is 2. The largest absolute Gasteiger partial charge is 0.433 e. The van der Waals surface area contributed by atoms with Gasteiger partial charge in [0.15, 0.2) is 21.2 Å². The second-order valence-electron chi connectivity index (χ2n) is 8.98. The van der Waals surface area contributed by atoms with E-state index in [4.69, 9.17) is 0 Å². The highest BCUT2D eigenvalue weighted by Gasteiger charge is 2.17. The summed E-state index contributed by atoms with van der Waals surface area (Å²) in [6, 6.07) is 19.9. The zero-order valence-electron chi connectivity index (χ0n) is 21.4. The lowest BCUT2D eigenvalue weighted by atomic mass is 10.1. The first-order chi connectivity index (χ1) is 19.5. The number of sulfone groups is 1. The number of rotatable bonds is 9. The molecule has 9 nitrogen and oxygen atoms in total. The van der Waals surface area contributed by atoms with E-state index < -0.39 is 16.4 Å². The molecule has 0 bridgehead atoms. The second kappa shape index (κ2) is 11.3. The maximum absolute atomic E-state index is 13.1. The third kappa shape index (κ3) is 6.64. The number of hydrogen-bond acceptors (Lipinski definition) is 7. The van der Waals surface area contributed by atoms with Crippen LogP contribution in [0.4, 0.5) is 24.8 Å². The van der Waals surface area contributed by atoms with Gasteiger partial charge in [-0.15, -0.1) is 5.10 Å². The lowest BCUT2D eigenvalue weighted by Gasteiger charge is -2.12. The Morgan fingerprint density at radius 2 is 1.68 bits per heavy atom. The van der Waals surface area contributed by atoms with E-state index in [0.717, 1.165) is 29.0 Å². The molecular weight excluding hydrogens is 559 g/mol. The summed E-state index contributed by atoms with van der Waals surface area (Å²) in [6.07, 6.45) is 2.67. The van der Waals surface area contributed by atoms with E-state index in [9.17, 15) is 26.4 Å². The van der Waals surface area contributed by atoms with Gasteiger partial charge in [0.2, 0.25) is 5.95 Å². The van der Waals surface area contributed by atoms with Gasteiger partial charge in [-0.25, -0.2) is 17.3 Å². The summed E-state index contributed by atoms with van der Waals surface area (Å²) in [7, 11) is -3.65. The minimum atomic E-state index is -3.65. The molecule has 210 valence electrons. The van der Waals surface area contributed by atoms with Crippen molar-refractivity contribution in [3.8, 4) is 16.9 Å². The van der Waals surface area contributed by atoms with Crippen molar-refractivity contribution in [2.24, 2.45) is 0 Å². The number of carbonyl (C=O) groups excluding carboxylic acids is 1. The fraction of sp³-hybridized carbons (Fsp3) is 0.107. The van der Waals surface area contributed by atoms with E-state index in [1.54, 1.807) is 48.7 Å². The van der Waals surface area contributed by atoms with Gasteiger partial charge in [-0.3, -0.25) is 4.79 Å². The molecule has 5 rings (SSSR count). The minimum Gasteiger partial charge on any atom is -0.433 e. The molecule has 0 spiro atoms. The van der Waals surface area contributed by atoms with Crippen molar-refractivity contribution in [3.63, 3.8) is 0 Å². The van der Waals surface area contributed by atoms with Gasteiger partial charge < -0.3 is 15.4 Å². The van der Waals surface area contributed by atoms with Crippen LogP contribution in [-0.2, 0) is 16.4 Å². The molecule has 0 fully saturated rings. The SMILES string of the molecule is CS(=O)(=O)c1ccc(Nc2nc3ccc(-c4ccc(C(=O)NCc5ccc(F)cc5)cc4)cn3n2)c(OC(F)F)c1. The Labute approximate surface area is 232 Å². The van der Waals surface area contributed by atoms with Gasteiger partial charge >= 0.3 is 6.61 Å². The second-order valence-corrected chi connectivity index (χ2v) is 11.0. The summed E-state index contributed by atoms with van der Waals surface area (Å²) in [4.78, 5) is 16.7. The molecule has 0 atom stereocenters. The first kappa shape index (κ1) is 27.6. The molecule has 2 heterocycles. The van der Waals surface area contributed by atoms with Crippen molar-refractivity contribution in [2.75, 3.05) is 11.6 Å². The predicted octanol–water partition coefficient (Wildman–Crippen LogP) is 5.21. The molecule has 2 N–H and O–H groups in total. The Morgan fingerprint density at radius 3 is 2.37 bits per heavy atom. The monoisotopic (exact) mass is 581 g/mol. The van der Waals surface area contributed by atoms with E-state index in [2.05, 4.69) is 25.5 Å². The molecule has 5 aromatic rings. The molecule has 0 saturated carbocycles. The molecule has 41 heavy (non-hydrogen) atoms. The number of nitrogens with zero attached hydrogens (tertiary/aromatic N) is 3. The number of pyridine rings is 1. The van der Waals surface area contributed by atoms with Crippen LogP contribution >= 0.6 is 0 Å². The number of nitrogens with one attached hydrogen (secondary N) is 2. The van der Waals surface area contributed by atoms with Crippen LogP contribution in [0.2, 0.25) is 0 Å². The number of hydrogen-bond donors (Lipinski definition) is 2. The smallest absolute Gasteiger partial charge is 0.387 e. The number of fused-ring (bicyclic) bond motifs is 1. The number of carbonyl (C=O) groups is 1. The first-order valence-corrected chi connectivity index (χ1v) is 14.0. The van der Waals surface area contributed by atoms with Crippen molar-refractivity contribution in [2.45, 2.75) is 18.1 Å². The van der Waals surface area contributed by atoms with Gasteiger partial charge in [-0.05, 0) is 59.7 Å². The maximum atomic E-state index is 13.1. The van der Waals surface area contributed by atoms with Gasteiger partial charge in [0.25, 0.3) is 5.91 Å². The Hall–Kier alpha value is -4.91. The quantitative estimate of drug-likeness (QED) is 0.246. The van der Waals surface area contributed by atoms with Crippen LogP contribution in [0.3, 0.4) is 0 Å². The molecule has 0 aliphatic heterocycles. The van der Waals surface area contributed by atoms with Crippen molar-refractivity contribution >= 4 is 33.0 Å². The number of ether oxygens (including phenoxy) is 1. The number of benzene rings is 3. The lowest BCUT2D eigenvalue weighted by molar-refractivity contribution is -0.0495. The summed E-state index contributed by atoms with van der Waals surface area (Å²) in [5, 5.41) is 9.92. The standard InChI is InChI=1S/C28H22F3N5O4S/c1-41(38,39)22-11-12-23(24(14-22)40-27(30)31)33-28-34-25-13-8-20(16-36(25)35-28)18-4-6-19(7-5-18)26(37)32-15-17-2-9-21(29)10-3-17/h2-14,16,27H,15H2,1H3,(H,32,37)(H,33,35). The summed E-state index contributed by atoms with van der Waals surface area (Å²) >= 11 is 0. The van der Waals surface area contributed by atoms with E-state index >= 15 is 0 Å². The van der Waals surface area contributed by atoms with Crippen LogP contribution in [-0.4, -0.2) is 41.8 Å². The van der Waals surface area contributed by atoms with Gasteiger partial charge in [0, 0.05) is 36.2 Å². The molecule has 13 heteroatoms. The summed E-state index contributed by atoms with van der Waals surface area (Å²) < 4.78 is 68.6. The summed E-state index contributed by atoms with van der Waals surface area (Å²) in [5.74, 6) is -0.920. The van der Waals surface area contributed by atoms with Crippen LogP contribution in [0.5, 0.6) is 5.75 Å². The normalized spacial score (nSPS) is 11.5. The molecule has 3 aromatic carbocycles. The average molecular weight is 582 g/mol. The van der Waals surface area contributed by atoms with Crippen LogP contribution in [0.25, 0.3) is 16.8 Å². The third-order valence-corrected chi connectivity index (χ3v) is 7.13. The Balaban J connectivity index is 1.31. The van der Waals surface area contributed by atoms with Crippen LogP contribution in [0.15, 0.2) is 90.0 Å². The lowest BCUT2D eigenvalue weighted by Crippen LogP contribution is -2.22. The molecule has 0 radical (unpaired) electrons. The number of amides is 1. The van der Waals surface area contributed by atoms with Crippen molar-refractivity contribution in [3.05, 3.63) is 102 Å². The average Bonchev–Trinajstić information content (AvgIpc) is 3.34. The van der Waals surface area contributed by atoms with Crippen molar-refractivity contribution in [1.29, 1.82) is 0 Å². The first-order valence-electron chi connectivity index (χ1n) is 12.1. The van der Waals surface area contributed by atoms with E-state index in [1.807, 2.05) is 6.07 Å². The van der Waals surface area contributed by atoms with Crippen molar-refractivity contribution in [1.82, 2.24) is 19.9 Å². The third-order valence-electron chi connectivity index (χ3n) is 6.02. The zero-order chi connectivity index (χ0) is 29.1. The van der Waals surface area contributed by atoms with Gasteiger partial charge in [0.05, 0.1) is 10.6 Å². The van der Waals surface area contributed by atoms with Gasteiger partial charge in [0.1, 0.15) is 5.82 Å². The molecule has 2 aromatic heterocycles. The molecule has 0 aliphatic carbocycles. The fourth-order valence-electron chi connectivity index (χ4n) is 3.96. The highest BCUT2D eigenvalue weighted by atomic mass is 32.2. The van der Waals surface area contributed by atoms with Crippen LogP contribution < -0.4 is 15.4 Å². The van der Waals surface area contributed by atoms with Crippen molar-refractivity contribution < 1.29 is 31.1 Å². The fourth-order valence-corrected chi connectivity index (χ4v) is 4.59. The Kier molecular flexibility index (Phi) is 7.62. The Bertz CT molecular complexity index is 1830. The summed E-state index contributed by atoms with van der Waals surface area (Å²) in [5.41, 5.74) is 3.31. The maximum Gasteiger partial charge on any atom is 0.387 e. The highest BCUT2D eigenvalue weighted by molar-refractivity contribution is 7.90. The molecule has 0 unspecified atom stereocenters. The van der Waals surface area contributed by atoms with E-state index in [0.29, 0.717) is 11.2 Å². The molecule has 0 aliphatic rings.